The van der Waals surface area contributed by atoms with Crippen LogP contribution in [-0.4, -0.2) is 17.3 Å². The molecule has 2 rings (SSSR count). The van der Waals surface area contributed by atoms with Crippen molar-refractivity contribution in [3.63, 3.8) is 0 Å². The molecule has 0 radical (unpaired) electrons. The molecule has 1 atom stereocenters. The molecular formula is C19H27NS. The highest BCUT2D eigenvalue weighted by Gasteiger charge is 2.18. The van der Waals surface area contributed by atoms with E-state index in [1.165, 1.54) is 15.7 Å². The Balaban J connectivity index is 2.11. The van der Waals surface area contributed by atoms with Crippen molar-refractivity contribution < 1.29 is 0 Å². The smallest absolute Gasteiger partial charge is 0.0242 e. The highest BCUT2D eigenvalue weighted by molar-refractivity contribution is 8.00. The van der Waals surface area contributed by atoms with Crippen LogP contribution in [0.2, 0.25) is 0 Å². The van der Waals surface area contributed by atoms with E-state index in [1.54, 1.807) is 0 Å². The van der Waals surface area contributed by atoms with Gasteiger partial charge in [0.1, 0.15) is 0 Å². The van der Waals surface area contributed by atoms with Crippen LogP contribution in [0.25, 0.3) is 10.8 Å². The highest BCUT2D eigenvalue weighted by atomic mass is 32.2. The molecule has 114 valence electrons. The number of nitrogens with one attached hydrogen (secondary N) is 1. The normalized spacial score (nSPS) is 13.8. The van der Waals surface area contributed by atoms with Gasteiger partial charge in [-0.2, -0.15) is 0 Å². The summed E-state index contributed by atoms with van der Waals surface area (Å²) in [6.45, 7) is 12.3. The Morgan fingerprint density at radius 1 is 1.00 bits per heavy atom. The Hall–Kier alpha value is -0.990. The first kappa shape index (κ1) is 16.4. The Morgan fingerprint density at radius 3 is 2.29 bits per heavy atom. The summed E-state index contributed by atoms with van der Waals surface area (Å²) >= 11 is 1.99. The van der Waals surface area contributed by atoms with Crippen LogP contribution >= 0.6 is 11.8 Å². The minimum atomic E-state index is 0.178. The fraction of sp³-hybridized carbons (Fsp3) is 0.474. The van der Waals surface area contributed by atoms with Gasteiger partial charge < -0.3 is 5.32 Å². The van der Waals surface area contributed by atoms with Crippen molar-refractivity contribution in [2.45, 2.75) is 50.3 Å². The molecule has 0 amide bonds. The van der Waals surface area contributed by atoms with E-state index in [0.717, 1.165) is 6.54 Å². The summed E-state index contributed by atoms with van der Waals surface area (Å²) < 4.78 is 0. The predicted molar refractivity (Wildman–Crippen MR) is 96.2 cm³/mol. The maximum Gasteiger partial charge on any atom is 0.0242 e. The quantitative estimate of drug-likeness (QED) is 0.748. The molecule has 21 heavy (non-hydrogen) atoms. The Labute approximate surface area is 133 Å². The molecule has 1 nitrogen and oxygen atoms in total. The Bertz CT molecular complexity index is 583. The SMILES string of the molecule is CC(C)C(CNC(C)(C)C)Sc1ccc2ccccc2c1. The molecular weight excluding hydrogens is 274 g/mol. The molecule has 0 spiro atoms. The fourth-order valence-corrected chi connectivity index (χ4v) is 3.37. The van der Waals surface area contributed by atoms with E-state index in [2.05, 4.69) is 82.4 Å². The summed E-state index contributed by atoms with van der Waals surface area (Å²) in [6, 6.07) is 15.4. The minimum Gasteiger partial charge on any atom is -0.311 e. The van der Waals surface area contributed by atoms with Crippen LogP contribution in [0.3, 0.4) is 0 Å². The zero-order valence-corrected chi connectivity index (χ0v) is 14.6. The van der Waals surface area contributed by atoms with Crippen LogP contribution in [0.4, 0.5) is 0 Å². The van der Waals surface area contributed by atoms with Crippen LogP contribution in [0.1, 0.15) is 34.6 Å². The summed E-state index contributed by atoms with van der Waals surface area (Å²) in [6.07, 6.45) is 0. The number of rotatable bonds is 5. The van der Waals surface area contributed by atoms with Crippen molar-refractivity contribution in [3.05, 3.63) is 42.5 Å². The van der Waals surface area contributed by atoms with Gasteiger partial charge in [-0.1, -0.05) is 44.2 Å². The molecule has 0 fully saturated rings. The van der Waals surface area contributed by atoms with Gasteiger partial charge in [-0.15, -0.1) is 11.8 Å². The molecule has 0 aromatic heterocycles. The topological polar surface area (TPSA) is 12.0 Å². The van der Waals surface area contributed by atoms with Gasteiger partial charge >= 0.3 is 0 Å². The van der Waals surface area contributed by atoms with E-state index in [9.17, 15) is 0 Å². The molecule has 0 heterocycles. The van der Waals surface area contributed by atoms with E-state index < -0.39 is 0 Å². The van der Waals surface area contributed by atoms with Crippen molar-refractivity contribution in [1.29, 1.82) is 0 Å². The van der Waals surface area contributed by atoms with Gasteiger partial charge in [0.2, 0.25) is 0 Å². The van der Waals surface area contributed by atoms with E-state index >= 15 is 0 Å². The van der Waals surface area contributed by atoms with Gasteiger partial charge in [0.15, 0.2) is 0 Å². The molecule has 0 bridgehead atoms. The second-order valence-electron chi connectivity index (χ2n) is 7.04. The predicted octanol–water partition coefficient (Wildman–Crippen LogP) is 5.34. The van der Waals surface area contributed by atoms with Crippen LogP contribution in [0.5, 0.6) is 0 Å². The fourth-order valence-electron chi connectivity index (χ4n) is 2.24. The average Bonchev–Trinajstić information content (AvgIpc) is 2.42. The molecule has 1 unspecified atom stereocenters. The van der Waals surface area contributed by atoms with Gasteiger partial charge in [-0.3, -0.25) is 0 Å². The molecule has 0 aliphatic carbocycles. The third kappa shape index (κ3) is 5.05. The van der Waals surface area contributed by atoms with Crippen LogP contribution in [0, 0.1) is 5.92 Å². The average molecular weight is 301 g/mol. The summed E-state index contributed by atoms with van der Waals surface area (Å²) in [5.74, 6) is 0.649. The summed E-state index contributed by atoms with van der Waals surface area (Å²) in [5, 5.41) is 6.87. The van der Waals surface area contributed by atoms with Crippen molar-refractivity contribution in [2.75, 3.05) is 6.54 Å². The van der Waals surface area contributed by atoms with Crippen molar-refractivity contribution >= 4 is 22.5 Å². The van der Waals surface area contributed by atoms with E-state index in [-0.39, 0.29) is 5.54 Å². The van der Waals surface area contributed by atoms with Crippen LogP contribution < -0.4 is 5.32 Å². The van der Waals surface area contributed by atoms with E-state index in [1.807, 2.05) is 11.8 Å². The number of hydrogen-bond acceptors (Lipinski definition) is 2. The number of hydrogen-bond donors (Lipinski definition) is 1. The second kappa shape index (κ2) is 6.85. The lowest BCUT2D eigenvalue weighted by molar-refractivity contribution is 0.408. The first-order valence-electron chi connectivity index (χ1n) is 7.76. The lowest BCUT2D eigenvalue weighted by Gasteiger charge is -2.27. The summed E-state index contributed by atoms with van der Waals surface area (Å²) in [5.41, 5.74) is 0.178. The molecule has 2 aromatic carbocycles. The minimum absolute atomic E-state index is 0.178. The molecule has 0 saturated carbocycles. The lowest BCUT2D eigenvalue weighted by Crippen LogP contribution is -2.41. The third-order valence-corrected chi connectivity index (χ3v) is 5.13. The van der Waals surface area contributed by atoms with Gasteiger partial charge in [-0.05, 0) is 49.6 Å². The molecule has 0 aliphatic rings. The van der Waals surface area contributed by atoms with E-state index in [0.29, 0.717) is 11.2 Å². The largest absolute Gasteiger partial charge is 0.311 e. The van der Waals surface area contributed by atoms with Crippen LogP contribution in [-0.2, 0) is 0 Å². The molecule has 0 aliphatic heterocycles. The molecule has 0 saturated heterocycles. The van der Waals surface area contributed by atoms with Gasteiger partial charge in [0.25, 0.3) is 0 Å². The monoisotopic (exact) mass is 301 g/mol. The highest BCUT2D eigenvalue weighted by Crippen LogP contribution is 2.30. The molecule has 2 heteroatoms. The zero-order valence-electron chi connectivity index (χ0n) is 13.8. The summed E-state index contributed by atoms with van der Waals surface area (Å²) in [4.78, 5) is 1.36. The third-order valence-electron chi connectivity index (χ3n) is 3.59. The zero-order chi connectivity index (χ0) is 15.5. The Kier molecular flexibility index (Phi) is 5.34. The first-order chi connectivity index (χ1) is 9.85. The number of thioether (sulfide) groups is 1. The van der Waals surface area contributed by atoms with Crippen molar-refractivity contribution in [1.82, 2.24) is 5.32 Å². The standard InChI is InChI=1S/C19H27NS/c1-14(2)18(13-20-19(3,4)5)21-17-11-10-15-8-6-7-9-16(15)12-17/h6-12,14,18,20H,13H2,1-5H3. The van der Waals surface area contributed by atoms with Gasteiger partial charge in [-0.25, -0.2) is 0 Å². The number of fused-ring (bicyclic) bond motifs is 1. The van der Waals surface area contributed by atoms with E-state index in [4.69, 9.17) is 0 Å². The van der Waals surface area contributed by atoms with Crippen molar-refractivity contribution in [2.24, 2.45) is 5.92 Å². The maximum absolute atomic E-state index is 3.64. The second-order valence-corrected chi connectivity index (χ2v) is 8.35. The van der Waals surface area contributed by atoms with Gasteiger partial charge in [0.05, 0.1) is 0 Å². The maximum atomic E-state index is 3.64. The van der Waals surface area contributed by atoms with Crippen LogP contribution in [0.15, 0.2) is 47.4 Å². The van der Waals surface area contributed by atoms with Crippen molar-refractivity contribution in [3.8, 4) is 0 Å². The molecule has 2 aromatic rings. The summed E-state index contributed by atoms with van der Waals surface area (Å²) in [7, 11) is 0. The molecule has 1 N–H and O–H groups in total. The van der Waals surface area contributed by atoms with Gasteiger partial charge in [0, 0.05) is 22.2 Å². The lowest BCUT2D eigenvalue weighted by atomic mass is 10.1. The first-order valence-corrected chi connectivity index (χ1v) is 8.63. The Morgan fingerprint density at radius 2 is 1.67 bits per heavy atom. The number of benzene rings is 2.